The number of hydrogen-bond donors (Lipinski definition) is 2. The summed E-state index contributed by atoms with van der Waals surface area (Å²) in [6.07, 6.45) is -5.17. The molecule has 2 saturated heterocycles. The summed E-state index contributed by atoms with van der Waals surface area (Å²) in [7, 11) is 0. The van der Waals surface area contributed by atoms with Crippen molar-refractivity contribution in [2.24, 2.45) is 5.41 Å². The average Bonchev–Trinajstić information content (AvgIpc) is 3.04. The van der Waals surface area contributed by atoms with E-state index >= 15 is 0 Å². The Morgan fingerprint density at radius 1 is 1.17 bits per heavy atom. The van der Waals surface area contributed by atoms with Crippen LogP contribution in [0.2, 0.25) is 10.0 Å². The fourth-order valence-corrected chi connectivity index (χ4v) is 5.54. The van der Waals surface area contributed by atoms with Gasteiger partial charge in [0.15, 0.2) is 6.10 Å². The van der Waals surface area contributed by atoms with Gasteiger partial charge in [-0.1, -0.05) is 29.3 Å². The molecule has 3 atom stereocenters. The van der Waals surface area contributed by atoms with Gasteiger partial charge in [-0.15, -0.1) is 0 Å². The normalized spacial score (nSPS) is 21.9. The van der Waals surface area contributed by atoms with Crippen LogP contribution in [0, 0.1) is 5.41 Å². The molecule has 0 radical (unpaired) electrons. The number of anilines is 1. The lowest BCUT2D eigenvalue weighted by atomic mass is 9.76. The summed E-state index contributed by atoms with van der Waals surface area (Å²) in [5.74, 6) is 0.0297. The second-order valence-corrected chi connectivity index (χ2v) is 10.1. The summed E-state index contributed by atoms with van der Waals surface area (Å²) in [4.78, 5) is 15.4. The van der Waals surface area contributed by atoms with E-state index in [2.05, 4.69) is 5.32 Å². The number of piperidine rings is 1. The predicted molar refractivity (Wildman–Crippen MR) is 129 cm³/mol. The molecular formula is C25H27Cl2F3N2O3. The molecule has 2 heterocycles. The number of ether oxygens (including phenoxy) is 1. The minimum Gasteiger partial charge on any atom is -0.481 e. The van der Waals surface area contributed by atoms with Gasteiger partial charge >= 0.3 is 6.18 Å². The Labute approximate surface area is 212 Å². The van der Waals surface area contributed by atoms with Crippen LogP contribution in [0.15, 0.2) is 42.5 Å². The van der Waals surface area contributed by atoms with Crippen molar-refractivity contribution in [2.45, 2.75) is 57.0 Å². The lowest BCUT2D eigenvalue weighted by Gasteiger charge is -2.32. The lowest BCUT2D eigenvalue weighted by Crippen LogP contribution is -2.43. The highest BCUT2D eigenvalue weighted by Gasteiger charge is 2.52. The highest BCUT2D eigenvalue weighted by Crippen LogP contribution is 2.47. The van der Waals surface area contributed by atoms with E-state index in [1.54, 1.807) is 35.2 Å². The quantitative estimate of drug-likeness (QED) is 0.486. The smallest absolute Gasteiger partial charge is 0.425 e. The Balaban J connectivity index is 1.60. The molecule has 2 N–H and O–H groups in total. The minimum atomic E-state index is -4.48. The molecule has 10 heteroatoms. The van der Waals surface area contributed by atoms with Crippen LogP contribution < -0.4 is 15.0 Å². The highest BCUT2D eigenvalue weighted by atomic mass is 35.5. The second kappa shape index (κ2) is 10.2. The van der Waals surface area contributed by atoms with Crippen molar-refractivity contribution >= 4 is 34.8 Å². The van der Waals surface area contributed by atoms with Gasteiger partial charge in [-0.25, -0.2) is 0 Å². The zero-order chi connectivity index (χ0) is 25.4. The maximum atomic E-state index is 13.7. The van der Waals surface area contributed by atoms with Gasteiger partial charge in [-0.2, -0.15) is 13.2 Å². The van der Waals surface area contributed by atoms with Gasteiger partial charge in [-0.3, -0.25) is 4.79 Å². The number of alkyl halides is 3. The highest BCUT2D eigenvalue weighted by molar-refractivity contribution is 6.35. The molecule has 0 aromatic heterocycles. The molecule has 2 fully saturated rings. The molecule has 2 unspecified atom stereocenters. The molecule has 0 saturated carbocycles. The zero-order valence-electron chi connectivity index (χ0n) is 19.1. The maximum absolute atomic E-state index is 13.7. The Hall–Kier alpha value is -2.00. The number of halogens is 5. The third-order valence-electron chi connectivity index (χ3n) is 6.93. The Kier molecular flexibility index (Phi) is 7.57. The molecule has 0 aliphatic carbocycles. The van der Waals surface area contributed by atoms with Gasteiger partial charge in [0.25, 0.3) is 0 Å². The number of aliphatic hydroxyl groups is 1. The van der Waals surface area contributed by atoms with Crippen LogP contribution in [0.25, 0.3) is 0 Å². The topological polar surface area (TPSA) is 61.8 Å². The summed E-state index contributed by atoms with van der Waals surface area (Å²) in [5, 5.41) is 15.1. The summed E-state index contributed by atoms with van der Waals surface area (Å²) in [6, 6.07) is 10.6. The van der Waals surface area contributed by atoms with Crippen LogP contribution >= 0.6 is 23.2 Å². The summed E-state index contributed by atoms with van der Waals surface area (Å²) in [5.41, 5.74) is 0.538. The molecule has 2 aromatic carbocycles. The van der Waals surface area contributed by atoms with E-state index in [0.717, 1.165) is 20.0 Å². The maximum Gasteiger partial charge on any atom is 0.425 e. The van der Waals surface area contributed by atoms with E-state index in [1.165, 1.54) is 12.1 Å². The van der Waals surface area contributed by atoms with Crippen LogP contribution in [0.3, 0.4) is 0 Å². The van der Waals surface area contributed by atoms with Gasteiger partial charge in [-0.05, 0) is 87.7 Å². The number of hydrogen-bond acceptors (Lipinski definition) is 4. The third kappa shape index (κ3) is 5.56. The van der Waals surface area contributed by atoms with E-state index in [0.29, 0.717) is 40.6 Å². The fourth-order valence-electron chi connectivity index (χ4n) is 5.00. The molecule has 5 nitrogen and oxygen atoms in total. The van der Waals surface area contributed by atoms with Crippen LogP contribution in [0.4, 0.5) is 18.9 Å². The number of nitrogens with one attached hydrogen (secondary N) is 1. The molecule has 190 valence electrons. The molecular weight excluding hydrogens is 504 g/mol. The fraction of sp³-hybridized carbons (Fsp3) is 0.480. The molecule has 2 aliphatic heterocycles. The number of aliphatic hydroxyl groups excluding tert-OH is 1. The minimum absolute atomic E-state index is 0.0317. The molecule has 2 aromatic rings. The Morgan fingerprint density at radius 2 is 1.83 bits per heavy atom. The first-order chi connectivity index (χ1) is 16.5. The zero-order valence-corrected chi connectivity index (χ0v) is 20.6. The summed E-state index contributed by atoms with van der Waals surface area (Å²) >= 11 is 12.3. The number of carbonyl (C=O) groups is 1. The summed E-state index contributed by atoms with van der Waals surface area (Å²) in [6.45, 7) is 2.39. The van der Waals surface area contributed by atoms with Gasteiger partial charge < -0.3 is 20.1 Å². The Morgan fingerprint density at radius 3 is 2.43 bits per heavy atom. The molecule has 4 rings (SSSR count). The molecule has 0 bridgehead atoms. The molecule has 2 aliphatic rings. The van der Waals surface area contributed by atoms with Gasteiger partial charge in [0.05, 0.1) is 11.5 Å². The molecule has 1 amide bonds. The van der Waals surface area contributed by atoms with E-state index in [-0.39, 0.29) is 24.1 Å². The predicted octanol–water partition coefficient (Wildman–Crippen LogP) is 5.92. The van der Waals surface area contributed by atoms with Crippen LogP contribution in [0.5, 0.6) is 5.75 Å². The number of rotatable bonds is 6. The van der Waals surface area contributed by atoms with Crippen molar-refractivity contribution in [1.82, 2.24) is 5.32 Å². The third-order valence-corrected chi connectivity index (χ3v) is 7.49. The second-order valence-electron chi connectivity index (χ2n) is 9.28. The summed E-state index contributed by atoms with van der Waals surface area (Å²) < 4.78 is 43.6. The van der Waals surface area contributed by atoms with E-state index in [1.807, 2.05) is 0 Å². The first-order valence-corrected chi connectivity index (χ1v) is 12.3. The van der Waals surface area contributed by atoms with E-state index < -0.39 is 23.8 Å². The number of carbonyl (C=O) groups excluding carboxylic acids is 1. The van der Waals surface area contributed by atoms with Crippen molar-refractivity contribution < 1.29 is 27.8 Å². The van der Waals surface area contributed by atoms with E-state index in [4.69, 9.17) is 27.9 Å². The monoisotopic (exact) mass is 530 g/mol. The van der Waals surface area contributed by atoms with Crippen LogP contribution in [-0.4, -0.2) is 42.4 Å². The van der Waals surface area contributed by atoms with Gasteiger partial charge in [0.2, 0.25) is 5.91 Å². The number of nitrogens with zero attached hydrogens (tertiary/aromatic N) is 1. The van der Waals surface area contributed by atoms with Crippen molar-refractivity contribution in [2.75, 3.05) is 18.0 Å². The lowest BCUT2D eigenvalue weighted by molar-refractivity contribution is -0.189. The Bertz CT molecular complexity index is 1060. The van der Waals surface area contributed by atoms with Crippen LogP contribution in [-0.2, 0) is 4.79 Å². The standard InChI is InChI=1S/C25H27Cl2F3N2O3/c1-15(25(28,29)30)35-19-5-3-17(4-6-19)32-18(14-24(23(32)34)8-10-31-11-9-24)13-22(33)20-7-2-16(26)12-21(20)27/h2-7,12,15,18,22,31,33H,8-11,13-14H2,1H3/t15-,18?,22?/m0/s1. The largest absolute Gasteiger partial charge is 0.481 e. The molecule has 35 heavy (non-hydrogen) atoms. The van der Waals surface area contributed by atoms with Gasteiger partial charge in [0.1, 0.15) is 5.75 Å². The SMILES string of the molecule is C[C@H](Oc1ccc(N2C(=O)C3(CCNCC3)CC2CC(O)c2ccc(Cl)cc2Cl)cc1)C(F)(F)F. The van der Waals surface area contributed by atoms with Gasteiger partial charge in [0, 0.05) is 21.8 Å². The van der Waals surface area contributed by atoms with Crippen molar-refractivity contribution in [3.8, 4) is 5.75 Å². The average molecular weight is 531 g/mol. The number of benzene rings is 2. The van der Waals surface area contributed by atoms with Crippen molar-refractivity contribution in [1.29, 1.82) is 0 Å². The van der Waals surface area contributed by atoms with Crippen molar-refractivity contribution in [3.05, 3.63) is 58.1 Å². The van der Waals surface area contributed by atoms with E-state index in [9.17, 15) is 23.1 Å². The molecule has 1 spiro atoms. The first kappa shape index (κ1) is 26.1. The van der Waals surface area contributed by atoms with Crippen molar-refractivity contribution in [3.63, 3.8) is 0 Å². The van der Waals surface area contributed by atoms with Crippen LogP contribution in [0.1, 0.15) is 44.3 Å². The first-order valence-electron chi connectivity index (χ1n) is 11.5. The number of amides is 1.